The highest BCUT2D eigenvalue weighted by atomic mass is 35.7. The lowest BCUT2D eigenvalue weighted by atomic mass is 10.1. The predicted molar refractivity (Wildman–Crippen MR) is 108 cm³/mol. The summed E-state index contributed by atoms with van der Waals surface area (Å²) in [5.41, 5.74) is 0. The molecule has 0 bridgehead atoms. The number of hydrogen-bond acceptors (Lipinski definition) is 4. The summed E-state index contributed by atoms with van der Waals surface area (Å²) in [6, 6.07) is 12.5. The van der Waals surface area contributed by atoms with E-state index in [4.69, 9.17) is 20.8 Å². The minimum Gasteiger partial charge on any atom is -0.461 e. The number of rotatable bonds is 7. The molecule has 1 aliphatic rings. The molecule has 2 aromatic rings. The molecule has 7 heteroatoms. The molecule has 0 spiro atoms. The van der Waals surface area contributed by atoms with Gasteiger partial charge in [-0.15, -0.1) is 0 Å². The molecule has 1 saturated carbocycles. The number of esters is 1. The summed E-state index contributed by atoms with van der Waals surface area (Å²) in [5, 5.41) is 1.84. The van der Waals surface area contributed by atoms with Crippen LogP contribution in [0.3, 0.4) is 0 Å². The van der Waals surface area contributed by atoms with Crippen LogP contribution in [0.15, 0.2) is 42.5 Å². The summed E-state index contributed by atoms with van der Waals surface area (Å²) < 4.78 is 18.0. The molecule has 0 aliphatic heterocycles. The van der Waals surface area contributed by atoms with Crippen molar-refractivity contribution in [2.45, 2.75) is 51.7 Å². The number of hydroxylamine groups is 1. The molecule has 5 nitrogen and oxygen atoms in total. The second-order valence-corrected chi connectivity index (χ2v) is 9.10. The first-order valence-corrected chi connectivity index (χ1v) is 11.7. The van der Waals surface area contributed by atoms with E-state index < -0.39 is 19.3 Å². The summed E-state index contributed by atoms with van der Waals surface area (Å²) >= 11 is 5.98. The van der Waals surface area contributed by atoms with Crippen molar-refractivity contribution in [1.82, 2.24) is 4.83 Å². The molecule has 2 aromatic carbocycles. The van der Waals surface area contributed by atoms with Gasteiger partial charge in [-0.05, 0) is 54.3 Å². The van der Waals surface area contributed by atoms with Gasteiger partial charge >= 0.3 is 5.97 Å². The normalized spacial score (nSPS) is 17.4. The van der Waals surface area contributed by atoms with Gasteiger partial charge in [0.05, 0.1) is 0 Å². The Bertz CT molecular complexity index is 817. The molecule has 0 radical (unpaired) electrons. The minimum atomic E-state index is -2.83. The van der Waals surface area contributed by atoms with Gasteiger partial charge in [-0.2, -0.15) is 0 Å². The summed E-state index contributed by atoms with van der Waals surface area (Å²) in [5.74, 6) is -0.107. The summed E-state index contributed by atoms with van der Waals surface area (Å²) in [6.45, 7) is 3.73. The first-order valence-electron chi connectivity index (χ1n) is 9.32. The van der Waals surface area contributed by atoms with Gasteiger partial charge in [0, 0.05) is 5.39 Å². The zero-order valence-corrected chi connectivity index (χ0v) is 17.3. The molecule has 3 rings (SSSR count). The lowest BCUT2D eigenvalue weighted by molar-refractivity contribution is -0.163. The monoisotopic (exact) mass is 409 g/mol. The van der Waals surface area contributed by atoms with E-state index in [-0.39, 0.29) is 12.0 Å². The van der Waals surface area contributed by atoms with Crippen LogP contribution in [0.1, 0.15) is 39.5 Å². The molecule has 27 heavy (non-hydrogen) atoms. The lowest BCUT2D eigenvalue weighted by Gasteiger charge is -2.30. The Labute approximate surface area is 165 Å². The highest BCUT2D eigenvalue weighted by Crippen LogP contribution is 2.39. The first-order chi connectivity index (χ1) is 13.0. The minimum absolute atomic E-state index is 0.0733. The van der Waals surface area contributed by atoms with Gasteiger partial charge in [-0.3, -0.25) is 9.36 Å². The lowest BCUT2D eigenvalue weighted by Crippen LogP contribution is -2.44. The van der Waals surface area contributed by atoms with Crippen molar-refractivity contribution in [3.8, 4) is 5.75 Å². The van der Waals surface area contributed by atoms with Crippen LogP contribution in [0.25, 0.3) is 10.8 Å². The highest BCUT2D eigenvalue weighted by Gasteiger charge is 2.37. The zero-order chi connectivity index (χ0) is 19.4. The number of carbonyl (C=O) groups excluding carboxylic acids is 1. The average molecular weight is 410 g/mol. The molecule has 1 aliphatic carbocycles. The number of benzene rings is 2. The number of halogens is 1. The molecule has 0 N–H and O–H groups in total. The maximum absolute atomic E-state index is 12.8. The topological polar surface area (TPSA) is 55.8 Å². The van der Waals surface area contributed by atoms with Crippen LogP contribution in [0.5, 0.6) is 5.75 Å². The zero-order valence-electron chi connectivity index (χ0n) is 15.6. The van der Waals surface area contributed by atoms with E-state index in [0.29, 0.717) is 5.75 Å². The largest absolute Gasteiger partial charge is 0.461 e. The van der Waals surface area contributed by atoms with E-state index in [1.807, 2.05) is 50.2 Å². The summed E-state index contributed by atoms with van der Waals surface area (Å²) in [7, 11) is -2.83. The fraction of sp³-hybridized carbons (Fsp3) is 0.450. The smallest absolute Gasteiger partial charge is 0.327 e. The second-order valence-electron chi connectivity index (χ2n) is 7.18. The number of nitrogens with zero attached hydrogens (tertiary/aromatic N) is 1. The van der Waals surface area contributed by atoms with Crippen molar-refractivity contribution in [2.24, 2.45) is 5.92 Å². The molecule has 1 fully saturated rings. The van der Waals surface area contributed by atoms with Crippen molar-refractivity contribution < 1.29 is 18.9 Å². The average Bonchev–Trinajstić information content (AvgIpc) is 3.14. The maximum Gasteiger partial charge on any atom is 0.327 e. The number of fused-ring (bicyclic) bond motifs is 1. The maximum atomic E-state index is 12.8. The van der Waals surface area contributed by atoms with Gasteiger partial charge in [-0.1, -0.05) is 55.1 Å². The third-order valence-corrected chi connectivity index (χ3v) is 6.05. The molecule has 2 atom stereocenters. The van der Waals surface area contributed by atoms with Crippen molar-refractivity contribution in [1.29, 1.82) is 0 Å². The number of hydrogen-bond donors (Lipinski definition) is 0. The molecule has 1 unspecified atom stereocenters. The van der Waals surface area contributed by atoms with Gasteiger partial charge < -0.3 is 9.57 Å². The van der Waals surface area contributed by atoms with Gasteiger partial charge in [0.15, 0.2) is 11.8 Å². The van der Waals surface area contributed by atoms with Crippen LogP contribution in [-0.2, 0) is 14.1 Å². The Morgan fingerprint density at radius 3 is 2.48 bits per heavy atom. The van der Waals surface area contributed by atoms with Crippen LogP contribution < -0.4 is 4.84 Å². The Balaban J connectivity index is 1.87. The molecule has 0 saturated heterocycles. The van der Waals surface area contributed by atoms with E-state index in [2.05, 4.69) is 0 Å². The molecular weight excluding hydrogens is 385 g/mol. The fourth-order valence-electron chi connectivity index (χ4n) is 3.46. The van der Waals surface area contributed by atoms with Crippen LogP contribution in [0.4, 0.5) is 0 Å². The van der Waals surface area contributed by atoms with Crippen molar-refractivity contribution in [3.05, 3.63) is 42.5 Å². The molecule has 0 amide bonds. The third kappa shape index (κ3) is 4.84. The molecular formula is C20H25ClNO4P. The Hall–Kier alpha value is -1.55. The SMILES string of the molecule is CC(C)[C@@H](C(=O)OC1CCCC1)N(Oc1cccc2ccccc12)[PH](=O)Cl. The quantitative estimate of drug-likeness (QED) is 0.339. The highest BCUT2D eigenvalue weighted by molar-refractivity contribution is 7.71. The van der Waals surface area contributed by atoms with E-state index >= 15 is 0 Å². The van der Waals surface area contributed by atoms with E-state index in [1.165, 1.54) is 0 Å². The van der Waals surface area contributed by atoms with Crippen LogP contribution >= 0.6 is 18.5 Å². The standard InChI is InChI=1S/C20H25ClNO4P/c1-14(2)19(20(23)25-16-10-4-5-11-16)22(27(21)24)26-18-13-7-9-15-8-3-6-12-17(15)18/h3,6-9,12-14,16,19,27H,4-5,10-11H2,1-2H3/t19-/m0/s1. The van der Waals surface area contributed by atoms with Gasteiger partial charge in [0.25, 0.3) is 7.30 Å². The fourth-order valence-corrected chi connectivity index (χ4v) is 4.67. The van der Waals surface area contributed by atoms with Gasteiger partial charge in [0.1, 0.15) is 6.10 Å². The van der Waals surface area contributed by atoms with E-state index in [9.17, 15) is 9.36 Å². The van der Waals surface area contributed by atoms with Gasteiger partial charge in [0.2, 0.25) is 0 Å². The van der Waals surface area contributed by atoms with Crippen LogP contribution in [0.2, 0.25) is 0 Å². The molecule has 146 valence electrons. The van der Waals surface area contributed by atoms with Crippen molar-refractivity contribution >= 4 is 35.3 Å². The first kappa shape index (κ1) is 20.2. The number of carbonyl (C=O) groups is 1. The van der Waals surface area contributed by atoms with E-state index in [1.54, 1.807) is 6.07 Å². The third-order valence-electron chi connectivity index (χ3n) is 4.83. The van der Waals surface area contributed by atoms with Crippen LogP contribution in [0, 0.1) is 5.92 Å². The van der Waals surface area contributed by atoms with E-state index in [0.717, 1.165) is 41.3 Å². The second kappa shape index (κ2) is 9.09. The van der Waals surface area contributed by atoms with Crippen molar-refractivity contribution in [3.63, 3.8) is 0 Å². The Morgan fingerprint density at radius 1 is 1.15 bits per heavy atom. The Kier molecular flexibility index (Phi) is 6.80. The molecule has 0 aromatic heterocycles. The van der Waals surface area contributed by atoms with Crippen LogP contribution in [-0.4, -0.2) is 22.9 Å². The number of ether oxygens (including phenoxy) is 1. The summed E-state index contributed by atoms with van der Waals surface area (Å²) in [6.07, 6.45) is 3.79. The predicted octanol–water partition coefficient (Wildman–Crippen LogP) is 5.57. The van der Waals surface area contributed by atoms with Crippen molar-refractivity contribution in [2.75, 3.05) is 0 Å². The molecule has 0 heterocycles. The van der Waals surface area contributed by atoms with Gasteiger partial charge in [-0.25, -0.2) is 0 Å². The Morgan fingerprint density at radius 2 is 1.81 bits per heavy atom. The summed E-state index contributed by atoms with van der Waals surface area (Å²) in [4.78, 5) is 19.9.